The van der Waals surface area contributed by atoms with Gasteiger partial charge in [-0.2, -0.15) is 0 Å². The first-order chi connectivity index (χ1) is 6.34. The Labute approximate surface area is 82.1 Å². The number of hydrogen-bond acceptors (Lipinski definition) is 0. The number of hydrogen-bond donors (Lipinski definition) is 0. The van der Waals surface area contributed by atoms with E-state index >= 15 is 0 Å². The van der Waals surface area contributed by atoms with Gasteiger partial charge in [0, 0.05) is 0 Å². The van der Waals surface area contributed by atoms with Gasteiger partial charge in [-0.05, 0) is 61.7 Å². The Hall–Kier alpha value is 0. The molecule has 3 aliphatic rings. The summed E-state index contributed by atoms with van der Waals surface area (Å²) in [5, 5.41) is 0. The molecule has 1 spiro atoms. The molecule has 0 N–H and O–H groups in total. The van der Waals surface area contributed by atoms with Gasteiger partial charge < -0.3 is 0 Å². The molecule has 0 aromatic carbocycles. The van der Waals surface area contributed by atoms with Crippen LogP contribution in [0.5, 0.6) is 0 Å². The van der Waals surface area contributed by atoms with E-state index in [0.29, 0.717) is 0 Å². The summed E-state index contributed by atoms with van der Waals surface area (Å²) in [6.45, 7) is 2.34. The molecular weight excluding hydrogens is 156 g/mol. The molecule has 3 rings (SSSR count). The van der Waals surface area contributed by atoms with Crippen molar-refractivity contribution in [2.45, 2.75) is 58.3 Å². The minimum atomic E-state index is 0.918. The van der Waals surface area contributed by atoms with Crippen LogP contribution < -0.4 is 0 Å². The fourth-order valence-corrected chi connectivity index (χ4v) is 3.99. The summed E-state index contributed by atoms with van der Waals surface area (Å²) < 4.78 is 0. The molecule has 0 aliphatic heterocycles. The van der Waals surface area contributed by atoms with Crippen LogP contribution in [-0.2, 0) is 0 Å². The second kappa shape index (κ2) is 2.74. The smallest absolute Gasteiger partial charge is 0.0261 e. The molecule has 13 heavy (non-hydrogen) atoms. The van der Waals surface area contributed by atoms with Crippen molar-refractivity contribution in [3.8, 4) is 0 Å². The van der Waals surface area contributed by atoms with Gasteiger partial charge in [-0.1, -0.05) is 19.8 Å². The lowest BCUT2D eigenvalue weighted by molar-refractivity contribution is 0.406. The van der Waals surface area contributed by atoms with Crippen molar-refractivity contribution in [1.82, 2.24) is 0 Å². The molecule has 0 heterocycles. The minimum Gasteiger partial charge on any atom is -0.0654 e. The highest BCUT2D eigenvalue weighted by atomic mass is 14.7. The molecule has 3 atom stereocenters. The zero-order valence-corrected chi connectivity index (χ0v) is 8.89. The van der Waals surface area contributed by atoms with Crippen molar-refractivity contribution >= 4 is 0 Å². The topological polar surface area (TPSA) is 0 Å². The highest BCUT2D eigenvalue weighted by molar-refractivity contribution is 5.11. The lowest BCUT2D eigenvalue weighted by Gasteiger charge is -2.09. The molecule has 0 amide bonds. The zero-order chi connectivity index (χ0) is 8.89. The zero-order valence-electron chi connectivity index (χ0n) is 8.89. The average Bonchev–Trinajstić information content (AvgIpc) is 2.94. The fraction of sp³-hybridized carbons (Fsp3) is 1.00. The maximum Gasteiger partial charge on any atom is -0.0261 e. The predicted octanol–water partition coefficient (Wildman–Crippen LogP) is 4.00. The van der Waals surface area contributed by atoms with Gasteiger partial charge in [0.05, 0.1) is 0 Å². The summed E-state index contributed by atoms with van der Waals surface area (Å²) in [6, 6.07) is 0. The Balaban J connectivity index is 1.57. The van der Waals surface area contributed by atoms with E-state index in [0.717, 1.165) is 11.3 Å². The van der Waals surface area contributed by atoms with E-state index in [9.17, 15) is 0 Å². The van der Waals surface area contributed by atoms with Crippen molar-refractivity contribution in [3.05, 3.63) is 0 Å². The molecule has 0 nitrogen and oxygen atoms in total. The molecule has 0 aromatic rings. The highest BCUT2D eigenvalue weighted by Crippen LogP contribution is 2.70. The number of rotatable bonds is 3. The lowest BCUT2D eigenvalue weighted by Crippen LogP contribution is -2.00. The van der Waals surface area contributed by atoms with E-state index in [1.54, 1.807) is 38.5 Å². The van der Waals surface area contributed by atoms with Gasteiger partial charge in [0.2, 0.25) is 0 Å². The van der Waals surface area contributed by atoms with Crippen molar-refractivity contribution < 1.29 is 0 Å². The van der Waals surface area contributed by atoms with Crippen LogP contribution in [0.1, 0.15) is 58.3 Å². The van der Waals surface area contributed by atoms with Gasteiger partial charge in [-0.3, -0.25) is 0 Å². The quantitative estimate of drug-likeness (QED) is 0.612. The van der Waals surface area contributed by atoms with Crippen molar-refractivity contribution in [2.24, 2.45) is 23.2 Å². The maximum atomic E-state index is 2.34. The van der Waals surface area contributed by atoms with Crippen LogP contribution in [0.15, 0.2) is 0 Å². The van der Waals surface area contributed by atoms with Crippen LogP contribution in [0, 0.1) is 23.2 Å². The molecule has 3 unspecified atom stereocenters. The summed E-state index contributed by atoms with van der Waals surface area (Å²) in [4.78, 5) is 0. The summed E-state index contributed by atoms with van der Waals surface area (Å²) in [6.07, 6.45) is 12.5. The first-order valence-electron chi connectivity index (χ1n) is 6.34. The van der Waals surface area contributed by atoms with E-state index < -0.39 is 0 Å². The van der Waals surface area contributed by atoms with Gasteiger partial charge in [0.25, 0.3) is 0 Å². The standard InChI is InChI=1S/C13H22/c1-2-3-10-6-7-13(8-10)9-12(13)11-4-5-11/h10-12H,2-9H2,1H3. The molecule has 3 aliphatic carbocycles. The maximum absolute atomic E-state index is 2.34. The van der Waals surface area contributed by atoms with E-state index in [1.807, 2.05) is 0 Å². The van der Waals surface area contributed by atoms with Gasteiger partial charge in [0.15, 0.2) is 0 Å². The SMILES string of the molecule is CCCC1CCC2(C1)CC2C1CC1. The summed E-state index contributed by atoms with van der Waals surface area (Å²) in [5.41, 5.74) is 0.918. The minimum absolute atomic E-state index is 0.918. The Kier molecular flexibility index (Phi) is 1.76. The van der Waals surface area contributed by atoms with Crippen molar-refractivity contribution in [2.75, 3.05) is 0 Å². The van der Waals surface area contributed by atoms with E-state index in [1.165, 1.54) is 24.7 Å². The molecule has 0 radical (unpaired) electrons. The van der Waals surface area contributed by atoms with E-state index in [-0.39, 0.29) is 0 Å². The highest BCUT2D eigenvalue weighted by Gasteiger charge is 2.61. The molecule has 0 saturated heterocycles. The Morgan fingerprint density at radius 1 is 1.15 bits per heavy atom. The van der Waals surface area contributed by atoms with Gasteiger partial charge in [-0.25, -0.2) is 0 Å². The Bertz CT molecular complexity index is 204. The van der Waals surface area contributed by atoms with Crippen LogP contribution in [0.4, 0.5) is 0 Å². The third kappa shape index (κ3) is 1.33. The average molecular weight is 178 g/mol. The third-order valence-corrected chi connectivity index (χ3v) is 4.89. The largest absolute Gasteiger partial charge is 0.0654 e. The van der Waals surface area contributed by atoms with Gasteiger partial charge in [-0.15, -0.1) is 0 Å². The molecular formula is C13H22. The predicted molar refractivity (Wildman–Crippen MR) is 55.5 cm³/mol. The summed E-state index contributed by atoms with van der Waals surface area (Å²) in [7, 11) is 0. The molecule has 0 heteroatoms. The van der Waals surface area contributed by atoms with Crippen LogP contribution in [0.2, 0.25) is 0 Å². The van der Waals surface area contributed by atoms with E-state index in [2.05, 4.69) is 6.92 Å². The Morgan fingerprint density at radius 3 is 2.69 bits per heavy atom. The first kappa shape index (κ1) is 8.32. The second-order valence-electron chi connectivity index (χ2n) is 5.91. The lowest BCUT2D eigenvalue weighted by atomic mass is 9.96. The second-order valence-corrected chi connectivity index (χ2v) is 5.91. The molecule has 0 aromatic heterocycles. The van der Waals surface area contributed by atoms with Gasteiger partial charge in [0.1, 0.15) is 0 Å². The summed E-state index contributed by atoms with van der Waals surface area (Å²) in [5.74, 6) is 3.52. The van der Waals surface area contributed by atoms with E-state index in [4.69, 9.17) is 0 Å². The van der Waals surface area contributed by atoms with Crippen LogP contribution in [-0.4, -0.2) is 0 Å². The molecule has 3 saturated carbocycles. The molecule has 74 valence electrons. The van der Waals surface area contributed by atoms with Crippen LogP contribution in [0.25, 0.3) is 0 Å². The van der Waals surface area contributed by atoms with Gasteiger partial charge >= 0.3 is 0 Å². The molecule has 3 fully saturated rings. The van der Waals surface area contributed by atoms with Crippen molar-refractivity contribution in [3.63, 3.8) is 0 Å². The first-order valence-corrected chi connectivity index (χ1v) is 6.34. The van der Waals surface area contributed by atoms with Crippen LogP contribution in [0.3, 0.4) is 0 Å². The monoisotopic (exact) mass is 178 g/mol. The fourth-order valence-electron chi connectivity index (χ4n) is 3.99. The summed E-state index contributed by atoms with van der Waals surface area (Å²) >= 11 is 0. The third-order valence-electron chi connectivity index (χ3n) is 4.89. The molecule has 0 bridgehead atoms. The normalized spacial score (nSPS) is 48.7. The van der Waals surface area contributed by atoms with Crippen LogP contribution >= 0.6 is 0 Å². The van der Waals surface area contributed by atoms with Crippen molar-refractivity contribution in [1.29, 1.82) is 0 Å². The Morgan fingerprint density at radius 2 is 2.00 bits per heavy atom.